The van der Waals surface area contributed by atoms with Gasteiger partial charge in [0, 0.05) is 39.1 Å². The van der Waals surface area contributed by atoms with Crippen LogP contribution in [-0.2, 0) is 27.3 Å². The summed E-state index contributed by atoms with van der Waals surface area (Å²) in [5, 5.41) is 0. The Hall–Kier alpha value is -2.60. The van der Waals surface area contributed by atoms with Crippen molar-refractivity contribution in [1.82, 2.24) is 9.80 Å². The van der Waals surface area contributed by atoms with Crippen LogP contribution in [0.1, 0.15) is 30.6 Å². The molecule has 0 spiro atoms. The van der Waals surface area contributed by atoms with Gasteiger partial charge in [-0.05, 0) is 37.0 Å². The topological polar surface area (TPSA) is 63.0 Å². The molecule has 1 saturated heterocycles. The van der Waals surface area contributed by atoms with E-state index in [0.29, 0.717) is 52.0 Å². The molecule has 1 aromatic heterocycles. The fourth-order valence-electron chi connectivity index (χ4n) is 3.75. The lowest BCUT2D eigenvalue weighted by molar-refractivity contribution is -0.141. The minimum atomic E-state index is -0.0556. The van der Waals surface area contributed by atoms with Crippen LogP contribution in [0.5, 0.6) is 0 Å². The minimum absolute atomic E-state index is 0.0556. The average molecular weight is 399 g/mol. The van der Waals surface area contributed by atoms with Crippen molar-refractivity contribution in [2.75, 3.05) is 33.4 Å². The molecule has 156 valence electrons. The Kier molecular flexibility index (Phi) is 7.87. The van der Waals surface area contributed by atoms with Gasteiger partial charge in [0.25, 0.3) is 0 Å². The van der Waals surface area contributed by atoms with Crippen LogP contribution in [0, 0.1) is 5.92 Å². The van der Waals surface area contributed by atoms with Crippen LogP contribution in [-0.4, -0.2) is 55.0 Å². The van der Waals surface area contributed by atoms with Crippen LogP contribution in [0.4, 0.5) is 0 Å². The third-order valence-electron chi connectivity index (χ3n) is 5.47. The van der Waals surface area contributed by atoms with Crippen LogP contribution < -0.4 is 0 Å². The molecule has 3 rings (SSSR count). The molecule has 0 aliphatic carbocycles. The Morgan fingerprint density at radius 1 is 1.14 bits per heavy atom. The van der Waals surface area contributed by atoms with E-state index in [2.05, 4.69) is 0 Å². The van der Waals surface area contributed by atoms with E-state index in [0.717, 1.165) is 12.2 Å². The first-order valence-electron chi connectivity index (χ1n) is 10.3. The number of carbonyl (C=O) groups is 2. The quantitative estimate of drug-likeness (QED) is 0.651. The lowest BCUT2D eigenvalue weighted by Crippen LogP contribution is -2.45. The molecule has 1 aliphatic heterocycles. The third kappa shape index (κ3) is 6.19. The second kappa shape index (κ2) is 10.8. The molecule has 0 unspecified atom stereocenters. The summed E-state index contributed by atoms with van der Waals surface area (Å²) in [5.41, 5.74) is 1.18. The van der Waals surface area contributed by atoms with Gasteiger partial charge < -0.3 is 19.0 Å². The highest BCUT2D eigenvalue weighted by atomic mass is 16.5. The molecule has 2 aromatic rings. The van der Waals surface area contributed by atoms with Gasteiger partial charge in [-0.3, -0.25) is 9.59 Å². The number of hydrogen-bond donors (Lipinski definition) is 0. The van der Waals surface area contributed by atoms with E-state index in [4.69, 9.17) is 9.15 Å². The Balaban J connectivity index is 1.48. The zero-order chi connectivity index (χ0) is 20.5. The predicted octanol–water partition coefficient (Wildman–Crippen LogP) is 3.13. The number of rotatable bonds is 9. The van der Waals surface area contributed by atoms with Crippen molar-refractivity contribution in [3.05, 3.63) is 60.1 Å². The molecule has 2 amide bonds. The summed E-state index contributed by atoms with van der Waals surface area (Å²) in [6.45, 7) is 2.76. The van der Waals surface area contributed by atoms with Crippen molar-refractivity contribution in [1.29, 1.82) is 0 Å². The normalized spacial score (nSPS) is 14.7. The minimum Gasteiger partial charge on any atom is -0.467 e. The van der Waals surface area contributed by atoms with Gasteiger partial charge in [0.15, 0.2) is 0 Å². The van der Waals surface area contributed by atoms with E-state index in [9.17, 15) is 9.59 Å². The Labute approximate surface area is 172 Å². The summed E-state index contributed by atoms with van der Waals surface area (Å²) in [7, 11) is 1.63. The Morgan fingerprint density at radius 3 is 2.55 bits per heavy atom. The largest absolute Gasteiger partial charge is 0.467 e. The van der Waals surface area contributed by atoms with E-state index in [1.54, 1.807) is 18.3 Å². The number of piperidine rings is 1. The monoisotopic (exact) mass is 398 g/mol. The van der Waals surface area contributed by atoms with Crippen LogP contribution >= 0.6 is 0 Å². The summed E-state index contributed by atoms with van der Waals surface area (Å²) >= 11 is 0. The SMILES string of the molecule is COCCN(Cc1ccco1)C(=O)C1CCN(C(=O)CCc2ccccc2)CC1. The number of methoxy groups -OCH3 is 1. The van der Waals surface area contributed by atoms with Crippen molar-refractivity contribution in [3.63, 3.8) is 0 Å². The number of benzene rings is 1. The fourth-order valence-corrected chi connectivity index (χ4v) is 3.75. The van der Waals surface area contributed by atoms with E-state index < -0.39 is 0 Å². The number of aryl methyl sites for hydroxylation is 1. The molecule has 0 bridgehead atoms. The van der Waals surface area contributed by atoms with Gasteiger partial charge in [-0.1, -0.05) is 30.3 Å². The molecule has 1 aromatic carbocycles. The van der Waals surface area contributed by atoms with Gasteiger partial charge in [0.05, 0.1) is 19.4 Å². The summed E-state index contributed by atoms with van der Waals surface area (Å²) in [4.78, 5) is 29.3. The zero-order valence-electron chi connectivity index (χ0n) is 17.1. The molecule has 0 N–H and O–H groups in total. The second-order valence-corrected chi connectivity index (χ2v) is 7.47. The van der Waals surface area contributed by atoms with Crippen molar-refractivity contribution in [2.45, 2.75) is 32.2 Å². The van der Waals surface area contributed by atoms with E-state index in [-0.39, 0.29) is 17.7 Å². The first kappa shape index (κ1) is 21.1. The highest BCUT2D eigenvalue weighted by Gasteiger charge is 2.30. The molecule has 6 nitrogen and oxygen atoms in total. The van der Waals surface area contributed by atoms with Crippen LogP contribution in [0.15, 0.2) is 53.1 Å². The van der Waals surface area contributed by atoms with Gasteiger partial charge in [0.2, 0.25) is 11.8 Å². The van der Waals surface area contributed by atoms with Crippen molar-refractivity contribution in [3.8, 4) is 0 Å². The molecular weight excluding hydrogens is 368 g/mol. The maximum atomic E-state index is 13.0. The van der Waals surface area contributed by atoms with Gasteiger partial charge in [0.1, 0.15) is 5.76 Å². The van der Waals surface area contributed by atoms with Gasteiger partial charge in [-0.25, -0.2) is 0 Å². The lowest BCUT2D eigenvalue weighted by Gasteiger charge is -2.34. The summed E-state index contributed by atoms with van der Waals surface area (Å²) in [6.07, 6.45) is 4.30. The van der Waals surface area contributed by atoms with Crippen molar-refractivity contribution < 1.29 is 18.7 Å². The van der Waals surface area contributed by atoms with E-state index in [1.165, 1.54) is 5.56 Å². The molecular formula is C23H30N2O4. The van der Waals surface area contributed by atoms with Gasteiger partial charge >= 0.3 is 0 Å². The van der Waals surface area contributed by atoms with Crippen molar-refractivity contribution in [2.24, 2.45) is 5.92 Å². The predicted molar refractivity (Wildman–Crippen MR) is 110 cm³/mol. The average Bonchev–Trinajstić information content (AvgIpc) is 3.28. The van der Waals surface area contributed by atoms with Crippen LogP contribution in [0.2, 0.25) is 0 Å². The smallest absolute Gasteiger partial charge is 0.226 e. The molecule has 29 heavy (non-hydrogen) atoms. The Morgan fingerprint density at radius 2 is 1.90 bits per heavy atom. The summed E-state index contributed by atoms with van der Waals surface area (Å²) in [6, 6.07) is 13.8. The highest BCUT2D eigenvalue weighted by Crippen LogP contribution is 2.22. The maximum Gasteiger partial charge on any atom is 0.226 e. The number of amides is 2. The maximum absolute atomic E-state index is 13.0. The van der Waals surface area contributed by atoms with Crippen LogP contribution in [0.25, 0.3) is 0 Å². The van der Waals surface area contributed by atoms with Gasteiger partial charge in [-0.15, -0.1) is 0 Å². The Bertz CT molecular complexity index is 752. The standard InChI is InChI=1S/C23H30N2O4/c1-28-17-15-25(18-21-8-5-16-29-21)23(27)20-11-13-24(14-12-20)22(26)10-9-19-6-3-2-4-7-19/h2-8,16,20H,9-15,17-18H2,1H3. The van der Waals surface area contributed by atoms with E-state index >= 15 is 0 Å². The molecule has 1 fully saturated rings. The van der Waals surface area contributed by atoms with Crippen molar-refractivity contribution >= 4 is 11.8 Å². The molecule has 6 heteroatoms. The summed E-state index contributed by atoms with van der Waals surface area (Å²) < 4.78 is 10.6. The molecule has 0 radical (unpaired) electrons. The fraction of sp³-hybridized carbons (Fsp3) is 0.478. The second-order valence-electron chi connectivity index (χ2n) is 7.47. The first-order valence-corrected chi connectivity index (χ1v) is 10.3. The summed E-state index contributed by atoms with van der Waals surface area (Å²) in [5.74, 6) is 1.00. The molecule has 0 atom stereocenters. The zero-order valence-corrected chi connectivity index (χ0v) is 17.1. The number of carbonyl (C=O) groups excluding carboxylic acids is 2. The number of likely N-dealkylation sites (tertiary alicyclic amines) is 1. The first-order chi connectivity index (χ1) is 14.2. The third-order valence-corrected chi connectivity index (χ3v) is 5.47. The number of nitrogens with zero attached hydrogens (tertiary/aromatic N) is 2. The number of furan rings is 1. The lowest BCUT2D eigenvalue weighted by atomic mass is 9.94. The molecule has 0 saturated carbocycles. The van der Waals surface area contributed by atoms with E-state index in [1.807, 2.05) is 47.4 Å². The molecule has 2 heterocycles. The highest BCUT2D eigenvalue weighted by molar-refractivity contribution is 5.80. The number of ether oxygens (including phenoxy) is 1. The number of hydrogen-bond acceptors (Lipinski definition) is 4. The van der Waals surface area contributed by atoms with Gasteiger partial charge in [-0.2, -0.15) is 0 Å². The van der Waals surface area contributed by atoms with Crippen LogP contribution in [0.3, 0.4) is 0 Å². The molecule has 1 aliphatic rings.